The first-order chi connectivity index (χ1) is 9.30. The van der Waals surface area contributed by atoms with E-state index in [9.17, 15) is 8.42 Å². The van der Waals surface area contributed by atoms with Crippen molar-refractivity contribution in [2.45, 2.75) is 5.37 Å². The van der Waals surface area contributed by atoms with Crippen LogP contribution in [0.2, 0.25) is 0 Å². The molecule has 1 heterocycles. The minimum absolute atomic E-state index is 0.276. The molecular weight excluding hydrogens is 380 g/mol. The Labute approximate surface area is 137 Å². The molecule has 0 radical (unpaired) electrons. The van der Waals surface area contributed by atoms with Crippen molar-refractivity contribution >= 4 is 60.4 Å². The zero-order valence-electron chi connectivity index (χ0n) is 10.9. The van der Waals surface area contributed by atoms with Gasteiger partial charge in [-0.05, 0) is 18.2 Å². The summed E-state index contributed by atoms with van der Waals surface area (Å²) in [5.74, 6) is 1.44. The van der Waals surface area contributed by atoms with E-state index < -0.39 is 15.2 Å². The van der Waals surface area contributed by atoms with Crippen molar-refractivity contribution in [3.05, 3.63) is 28.2 Å². The Morgan fingerprint density at radius 3 is 2.85 bits per heavy atom. The van der Waals surface area contributed by atoms with E-state index in [-0.39, 0.29) is 4.99 Å². The number of hydrogen-bond acceptors (Lipinski definition) is 5. The van der Waals surface area contributed by atoms with E-state index >= 15 is 0 Å². The molecule has 0 spiro atoms. The van der Waals surface area contributed by atoms with Crippen LogP contribution in [0.4, 0.5) is 5.69 Å². The van der Waals surface area contributed by atoms with Gasteiger partial charge in [-0.15, -0.1) is 0 Å². The van der Waals surface area contributed by atoms with Gasteiger partial charge in [-0.25, -0.2) is 8.42 Å². The topological polar surface area (TPSA) is 63.4 Å². The molecule has 1 saturated heterocycles. The van der Waals surface area contributed by atoms with Crippen molar-refractivity contribution in [2.75, 3.05) is 29.2 Å². The van der Waals surface area contributed by atoms with Crippen LogP contribution < -0.4 is 10.6 Å². The molecule has 1 aliphatic rings. The highest BCUT2D eigenvalue weighted by atomic mass is 79.9. The minimum Gasteiger partial charge on any atom is -0.389 e. The predicted octanol–water partition coefficient (Wildman–Crippen LogP) is 2.01. The van der Waals surface area contributed by atoms with Crippen LogP contribution >= 0.6 is 39.9 Å². The molecule has 2 N–H and O–H groups in total. The predicted molar refractivity (Wildman–Crippen MR) is 93.3 cm³/mol. The Balaban J connectivity index is 2.52. The third-order valence-electron chi connectivity index (χ3n) is 3.11. The molecule has 20 heavy (non-hydrogen) atoms. The smallest absolute Gasteiger partial charge is 0.169 e. The van der Waals surface area contributed by atoms with Gasteiger partial charge in [-0.2, -0.15) is 11.8 Å². The van der Waals surface area contributed by atoms with Gasteiger partial charge in [-0.3, -0.25) is 0 Å². The van der Waals surface area contributed by atoms with Gasteiger partial charge in [0.2, 0.25) is 0 Å². The fourth-order valence-electron chi connectivity index (χ4n) is 2.16. The zero-order chi connectivity index (χ0) is 14.9. The molecule has 0 amide bonds. The monoisotopic (exact) mass is 394 g/mol. The summed E-state index contributed by atoms with van der Waals surface area (Å²) in [4.78, 5) is 2.17. The van der Waals surface area contributed by atoms with Gasteiger partial charge in [0, 0.05) is 40.0 Å². The van der Waals surface area contributed by atoms with E-state index in [2.05, 4.69) is 15.9 Å². The number of hydrogen-bond donors (Lipinski definition) is 1. The quantitative estimate of drug-likeness (QED) is 0.790. The van der Waals surface area contributed by atoms with Crippen LogP contribution in [-0.4, -0.2) is 43.1 Å². The molecule has 0 bridgehead atoms. The molecule has 0 aromatic heterocycles. The number of benzene rings is 1. The summed E-state index contributed by atoms with van der Waals surface area (Å²) in [6.07, 6.45) is 1.27. The zero-order valence-corrected chi connectivity index (χ0v) is 14.9. The highest BCUT2D eigenvalue weighted by Gasteiger charge is 2.32. The van der Waals surface area contributed by atoms with E-state index in [0.29, 0.717) is 17.9 Å². The lowest BCUT2D eigenvalue weighted by molar-refractivity contribution is 0.584. The number of nitrogens with zero attached hydrogens (tertiary/aromatic N) is 1. The summed E-state index contributed by atoms with van der Waals surface area (Å²) in [5.41, 5.74) is 7.25. The van der Waals surface area contributed by atoms with Crippen LogP contribution in [0.15, 0.2) is 22.7 Å². The first-order valence-corrected chi connectivity index (χ1v) is 10.2. The first-order valence-electron chi connectivity index (χ1n) is 5.93. The summed E-state index contributed by atoms with van der Waals surface area (Å²) in [7, 11) is -3.17. The van der Waals surface area contributed by atoms with Crippen molar-refractivity contribution in [1.82, 2.24) is 0 Å². The Kier molecular flexibility index (Phi) is 4.99. The summed E-state index contributed by atoms with van der Waals surface area (Å²) in [6, 6.07) is 5.55. The Morgan fingerprint density at radius 1 is 1.55 bits per heavy atom. The van der Waals surface area contributed by atoms with Crippen molar-refractivity contribution in [2.24, 2.45) is 5.73 Å². The van der Waals surface area contributed by atoms with Crippen LogP contribution in [0.3, 0.4) is 0 Å². The lowest BCUT2D eigenvalue weighted by Crippen LogP contribution is -2.47. The van der Waals surface area contributed by atoms with E-state index in [1.165, 1.54) is 6.26 Å². The maximum absolute atomic E-state index is 12.0. The average molecular weight is 395 g/mol. The molecule has 1 atom stereocenters. The Bertz CT molecular complexity index is 634. The van der Waals surface area contributed by atoms with Crippen molar-refractivity contribution < 1.29 is 8.42 Å². The normalized spacial score (nSPS) is 19.9. The molecule has 8 heteroatoms. The maximum atomic E-state index is 12.0. The summed E-state index contributed by atoms with van der Waals surface area (Å²) in [6.45, 7) is 0.661. The molecule has 0 saturated carbocycles. The third kappa shape index (κ3) is 3.47. The van der Waals surface area contributed by atoms with Gasteiger partial charge in [0.15, 0.2) is 9.84 Å². The third-order valence-corrected chi connectivity index (χ3v) is 6.47. The lowest BCUT2D eigenvalue weighted by Gasteiger charge is -2.37. The number of sulfone groups is 1. The van der Waals surface area contributed by atoms with Crippen LogP contribution in [0, 0.1) is 0 Å². The molecule has 1 aliphatic heterocycles. The van der Waals surface area contributed by atoms with E-state index in [1.807, 2.05) is 23.1 Å². The van der Waals surface area contributed by atoms with Crippen LogP contribution in [0.5, 0.6) is 0 Å². The lowest BCUT2D eigenvalue weighted by atomic mass is 10.1. The number of anilines is 1. The second kappa shape index (κ2) is 6.21. The second-order valence-electron chi connectivity index (χ2n) is 4.58. The number of rotatable bonds is 3. The number of thiocarbonyl (C=S) groups is 1. The molecule has 1 fully saturated rings. The van der Waals surface area contributed by atoms with Gasteiger partial charge >= 0.3 is 0 Å². The fourth-order valence-corrected chi connectivity index (χ4v) is 5.52. The number of thioether (sulfide) groups is 1. The van der Waals surface area contributed by atoms with Gasteiger partial charge in [0.05, 0.1) is 0 Å². The van der Waals surface area contributed by atoms with Crippen molar-refractivity contribution in [1.29, 1.82) is 0 Å². The number of halogens is 1. The molecule has 4 nitrogen and oxygen atoms in total. The van der Waals surface area contributed by atoms with Gasteiger partial charge in [0.25, 0.3) is 0 Å². The molecule has 1 aromatic carbocycles. The van der Waals surface area contributed by atoms with Crippen LogP contribution in [0.1, 0.15) is 5.56 Å². The molecule has 110 valence electrons. The molecule has 2 rings (SSSR count). The van der Waals surface area contributed by atoms with E-state index in [0.717, 1.165) is 15.9 Å². The van der Waals surface area contributed by atoms with Gasteiger partial charge in [0.1, 0.15) is 10.4 Å². The molecule has 1 unspecified atom stereocenters. The Hall–Kier alpha value is -0.310. The minimum atomic E-state index is -3.17. The Morgan fingerprint density at radius 2 is 2.25 bits per heavy atom. The molecule has 1 aromatic rings. The number of nitrogens with two attached hydrogens (primary N) is 1. The highest BCUT2D eigenvalue weighted by Crippen LogP contribution is 2.31. The first kappa shape index (κ1) is 16.1. The van der Waals surface area contributed by atoms with E-state index in [1.54, 1.807) is 11.8 Å². The average Bonchev–Trinajstić information content (AvgIpc) is 2.37. The molecule has 0 aliphatic carbocycles. The van der Waals surface area contributed by atoms with Crippen molar-refractivity contribution in [3.63, 3.8) is 0 Å². The summed E-state index contributed by atoms with van der Waals surface area (Å²) >= 11 is 10.1. The van der Waals surface area contributed by atoms with E-state index in [4.69, 9.17) is 18.0 Å². The van der Waals surface area contributed by atoms with Crippen molar-refractivity contribution in [3.8, 4) is 0 Å². The SMILES string of the molecule is CS(=O)(=O)C1CSCCN1c1cc(Br)ccc1C(N)=S. The molecular formula is C12H15BrN2O2S3. The van der Waals surface area contributed by atoms with Crippen LogP contribution in [-0.2, 0) is 9.84 Å². The summed E-state index contributed by atoms with van der Waals surface area (Å²) in [5, 5.41) is -0.538. The van der Waals surface area contributed by atoms with Gasteiger partial charge in [-0.1, -0.05) is 28.1 Å². The van der Waals surface area contributed by atoms with Gasteiger partial charge < -0.3 is 10.6 Å². The standard InChI is InChI=1S/C12H15BrN2O2S3/c1-20(16,17)11-7-19-5-4-15(11)10-6-8(13)2-3-9(10)12(14)18/h2-3,6,11H,4-5,7H2,1H3,(H2,14,18). The largest absolute Gasteiger partial charge is 0.389 e. The highest BCUT2D eigenvalue weighted by molar-refractivity contribution is 9.10. The fraction of sp³-hybridized carbons (Fsp3) is 0.417. The van der Waals surface area contributed by atoms with Crippen LogP contribution in [0.25, 0.3) is 0 Å². The second-order valence-corrected chi connectivity index (χ2v) is 9.29. The summed E-state index contributed by atoms with van der Waals surface area (Å²) < 4.78 is 24.9. The maximum Gasteiger partial charge on any atom is 0.169 e.